The van der Waals surface area contributed by atoms with Crippen molar-refractivity contribution in [2.75, 3.05) is 0 Å². The highest BCUT2D eigenvalue weighted by Crippen LogP contribution is 2.17. The van der Waals surface area contributed by atoms with E-state index in [1.165, 1.54) is 10.6 Å². The largest absolute Gasteiger partial charge is 0.477 e. The van der Waals surface area contributed by atoms with Crippen molar-refractivity contribution in [3.63, 3.8) is 0 Å². The number of aromatic nitrogens is 2. The second kappa shape index (κ2) is 4.25. The zero-order valence-corrected chi connectivity index (χ0v) is 10.2. The number of oxazole rings is 1. The van der Waals surface area contributed by atoms with Crippen LogP contribution in [0.15, 0.2) is 16.7 Å². The molecule has 0 bridgehead atoms. The molecule has 1 N–H and O–H groups in total. The Labute approximate surface area is 103 Å². The van der Waals surface area contributed by atoms with Gasteiger partial charge in [-0.1, -0.05) is 11.6 Å². The van der Waals surface area contributed by atoms with Crippen molar-refractivity contribution >= 4 is 17.6 Å². The Morgan fingerprint density at radius 3 is 2.82 bits per heavy atom. The number of aromatic carboxylic acids is 1. The van der Waals surface area contributed by atoms with Crippen molar-refractivity contribution in [2.45, 2.75) is 20.4 Å². The van der Waals surface area contributed by atoms with Gasteiger partial charge in [-0.05, 0) is 19.9 Å². The van der Waals surface area contributed by atoms with E-state index in [4.69, 9.17) is 21.1 Å². The Balaban J connectivity index is 2.32. The van der Waals surface area contributed by atoms with Crippen LogP contribution >= 0.6 is 11.6 Å². The van der Waals surface area contributed by atoms with Crippen LogP contribution in [0.5, 0.6) is 0 Å². The molecule has 2 heterocycles. The molecule has 2 rings (SSSR count). The monoisotopic (exact) mass is 254 g/mol. The first-order valence-corrected chi connectivity index (χ1v) is 5.37. The lowest BCUT2D eigenvalue weighted by molar-refractivity contribution is 0.0685. The summed E-state index contributed by atoms with van der Waals surface area (Å²) >= 11 is 5.78. The summed E-state index contributed by atoms with van der Waals surface area (Å²) in [4.78, 5) is 15.2. The van der Waals surface area contributed by atoms with Crippen LogP contribution in [-0.2, 0) is 6.54 Å². The Hall–Kier alpha value is -1.75. The topological polar surface area (TPSA) is 68.3 Å². The normalized spacial score (nSPS) is 10.8. The summed E-state index contributed by atoms with van der Waals surface area (Å²) < 4.78 is 6.89. The number of rotatable bonds is 3. The third-order valence-electron chi connectivity index (χ3n) is 2.46. The molecule has 0 aliphatic carbocycles. The molecule has 0 fully saturated rings. The molecular weight excluding hydrogens is 244 g/mol. The van der Waals surface area contributed by atoms with Crippen LogP contribution in [0.2, 0.25) is 5.02 Å². The van der Waals surface area contributed by atoms with Crippen LogP contribution in [0.25, 0.3) is 0 Å². The lowest BCUT2D eigenvalue weighted by Gasteiger charge is -2.01. The number of nitrogens with zero attached hydrogens (tertiary/aromatic N) is 2. The van der Waals surface area contributed by atoms with Gasteiger partial charge in [-0.25, -0.2) is 9.78 Å². The van der Waals surface area contributed by atoms with E-state index in [2.05, 4.69) is 4.98 Å². The van der Waals surface area contributed by atoms with Crippen LogP contribution < -0.4 is 0 Å². The van der Waals surface area contributed by atoms with E-state index in [1.807, 2.05) is 13.8 Å². The summed E-state index contributed by atoms with van der Waals surface area (Å²) in [6, 6.07) is 1.40. The first kappa shape index (κ1) is 11.7. The highest BCUT2D eigenvalue weighted by Gasteiger charge is 2.14. The maximum atomic E-state index is 11.0. The molecule has 0 aliphatic heterocycles. The molecule has 5 nitrogen and oxygen atoms in total. The van der Waals surface area contributed by atoms with Crippen molar-refractivity contribution in [1.29, 1.82) is 0 Å². The van der Waals surface area contributed by atoms with Gasteiger partial charge in [0.15, 0.2) is 0 Å². The Kier molecular flexibility index (Phi) is 2.93. The summed E-state index contributed by atoms with van der Waals surface area (Å²) in [6.45, 7) is 3.90. The van der Waals surface area contributed by atoms with Crippen LogP contribution in [0, 0.1) is 13.8 Å². The zero-order chi connectivity index (χ0) is 12.6. The molecule has 6 heteroatoms. The van der Waals surface area contributed by atoms with Crippen LogP contribution in [0.1, 0.15) is 27.8 Å². The summed E-state index contributed by atoms with van der Waals surface area (Å²) in [5.74, 6) is 0.168. The van der Waals surface area contributed by atoms with Crippen LogP contribution in [0.3, 0.4) is 0 Å². The molecule has 0 saturated carbocycles. The van der Waals surface area contributed by atoms with Gasteiger partial charge in [-0.3, -0.25) is 0 Å². The summed E-state index contributed by atoms with van der Waals surface area (Å²) in [5, 5.41) is 9.36. The summed E-state index contributed by atoms with van der Waals surface area (Å²) in [5.41, 5.74) is 0.915. The van der Waals surface area contributed by atoms with E-state index in [9.17, 15) is 4.79 Å². The molecule has 0 atom stereocenters. The molecule has 0 radical (unpaired) electrons. The van der Waals surface area contributed by atoms with Crippen molar-refractivity contribution in [3.05, 3.63) is 40.3 Å². The third kappa shape index (κ3) is 2.34. The minimum absolute atomic E-state index is 0.114. The second-order valence-electron chi connectivity index (χ2n) is 3.73. The Bertz CT molecular complexity index is 552. The highest BCUT2D eigenvalue weighted by atomic mass is 35.5. The fraction of sp³-hybridized carbons (Fsp3) is 0.273. The number of hydrogen-bond acceptors (Lipinski definition) is 3. The number of aryl methyl sites for hydroxylation is 2. The maximum Gasteiger partial charge on any atom is 0.352 e. The van der Waals surface area contributed by atoms with Gasteiger partial charge >= 0.3 is 5.97 Å². The van der Waals surface area contributed by atoms with Gasteiger partial charge in [-0.15, -0.1) is 0 Å². The van der Waals surface area contributed by atoms with Gasteiger partial charge in [0.05, 0.1) is 17.3 Å². The van der Waals surface area contributed by atoms with Crippen LogP contribution in [-0.4, -0.2) is 20.6 Å². The van der Waals surface area contributed by atoms with E-state index in [0.717, 1.165) is 11.5 Å². The number of hydrogen-bond donors (Lipinski definition) is 1. The number of carboxylic acid groups (broad SMARTS) is 1. The van der Waals surface area contributed by atoms with Gasteiger partial charge in [0.25, 0.3) is 0 Å². The number of carboxylic acids is 1. The Morgan fingerprint density at radius 1 is 1.59 bits per heavy atom. The van der Waals surface area contributed by atoms with Crippen molar-refractivity contribution < 1.29 is 14.3 Å². The van der Waals surface area contributed by atoms with Crippen molar-refractivity contribution in [2.24, 2.45) is 0 Å². The molecule has 0 aliphatic rings. The van der Waals surface area contributed by atoms with E-state index in [-0.39, 0.29) is 12.2 Å². The minimum Gasteiger partial charge on any atom is -0.477 e. The molecule has 0 saturated heterocycles. The summed E-state index contributed by atoms with van der Waals surface area (Å²) in [6.07, 6.45) is 1.54. The van der Waals surface area contributed by atoms with Gasteiger partial charge in [0.1, 0.15) is 11.5 Å². The first-order valence-electron chi connectivity index (χ1n) is 4.99. The SMILES string of the molecule is Cc1nc(Cn2cc(Cl)cc2C(=O)O)oc1C. The molecular formula is C11H11ClN2O3. The molecule has 0 aromatic carbocycles. The molecule has 17 heavy (non-hydrogen) atoms. The lowest BCUT2D eigenvalue weighted by Crippen LogP contribution is -2.08. The lowest BCUT2D eigenvalue weighted by atomic mass is 10.4. The molecule has 0 spiro atoms. The van der Waals surface area contributed by atoms with Crippen LogP contribution in [0.4, 0.5) is 0 Å². The van der Waals surface area contributed by atoms with E-state index >= 15 is 0 Å². The number of carbonyl (C=O) groups is 1. The van der Waals surface area contributed by atoms with Gasteiger partial charge in [-0.2, -0.15) is 0 Å². The predicted octanol–water partition coefficient (Wildman–Crippen LogP) is 2.49. The standard InChI is InChI=1S/C11H11ClN2O3/c1-6-7(2)17-10(13-6)5-14-4-8(12)3-9(14)11(15)16/h3-4H,5H2,1-2H3,(H,15,16). The molecule has 2 aromatic rings. The minimum atomic E-state index is -1.03. The molecule has 0 amide bonds. The van der Waals surface area contributed by atoms with E-state index in [1.54, 1.807) is 6.20 Å². The molecule has 0 unspecified atom stereocenters. The third-order valence-corrected chi connectivity index (χ3v) is 2.67. The zero-order valence-electron chi connectivity index (χ0n) is 9.40. The fourth-order valence-electron chi connectivity index (χ4n) is 1.54. The smallest absolute Gasteiger partial charge is 0.352 e. The van der Waals surface area contributed by atoms with Gasteiger partial charge < -0.3 is 14.1 Å². The first-order chi connectivity index (χ1) is 7.97. The summed E-state index contributed by atoms with van der Waals surface area (Å²) in [7, 11) is 0. The van der Waals surface area contributed by atoms with Crippen molar-refractivity contribution in [1.82, 2.24) is 9.55 Å². The maximum absolute atomic E-state index is 11.0. The Morgan fingerprint density at radius 2 is 2.29 bits per heavy atom. The van der Waals surface area contributed by atoms with Gasteiger partial charge in [0, 0.05) is 6.20 Å². The average molecular weight is 255 g/mol. The second-order valence-corrected chi connectivity index (χ2v) is 4.16. The van der Waals surface area contributed by atoms with E-state index in [0.29, 0.717) is 10.9 Å². The van der Waals surface area contributed by atoms with E-state index < -0.39 is 5.97 Å². The van der Waals surface area contributed by atoms with Gasteiger partial charge in [0.2, 0.25) is 5.89 Å². The average Bonchev–Trinajstić information content (AvgIpc) is 2.72. The molecule has 2 aromatic heterocycles. The number of halogens is 1. The quantitative estimate of drug-likeness (QED) is 0.914. The van der Waals surface area contributed by atoms with Crippen molar-refractivity contribution in [3.8, 4) is 0 Å². The fourth-order valence-corrected chi connectivity index (χ4v) is 1.76. The highest BCUT2D eigenvalue weighted by molar-refractivity contribution is 6.30. The molecule has 90 valence electrons. The predicted molar refractivity (Wildman–Crippen MR) is 61.5 cm³/mol.